The van der Waals surface area contributed by atoms with E-state index < -0.39 is 0 Å². The average molecular weight is 369 g/mol. The summed E-state index contributed by atoms with van der Waals surface area (Å²) >= 11 is 0. The summed E-state index contributed by atoms with van der Waals surface area (Å²) in [5, 5.41) is 0. The van der Waals surface area contributed by atoms with Gasteiger partial charge in [0.15, 0.2) is 0 Å². The highest BCUT2D eigenvalue weighted by molar-refractivity contribution is 5.77. The van der Waals surface area contributed by atoms with Gasteiger partial charge in [0.1, 0.15) is 5.75 Å². The maximum absolute atomic E-state index is 12.7. The number of benzene rings is 2. The fourth-order valence-corrected chi connectivity index (χ4v) is 2.80. The number of hydrogen-bond donors (Lipinski definition) is 0. The molecular weight excluding hydrogens is 342 g/mol. The van der Waals surface area contributed by atoms with Crippen LogP contribution in [0.2, 0.25) is 0 Å². The number of hydrogen-bond acceptors (Lipinski definition) is 4. The molecular formula is C22H27NO4. The number of nitrogens with zero attached hydrogens (tertiary/aromatic N) is 1. The second-order valence-corrected chi connectivity index (χ2v) is 6.29. The van der Waals surface area contributed by atoms with Crippen LogP contribution in [-0.4, -0.2) is 44.1 Å². The summed E-state index contributed by atoms with van der Waals surface area (Å²) < 4.78 is 9.88. The first-order chi connectivity index (χ1) is 13.1. The minimum atomic E-state index is -0.305. The lowest BCUT2D eigenvalue weighted by Crippen LogP contribution is -2.35. The van der Waals surface area contributed by atoms with Gasteiger partial charge in [0.2, 0.25) is 5.91 Å². The van der Waals surface area contributed by atoms with Crippen LogP contribution in [0.5, 0.6) is 5.75 Å². The number of ether oxygens (including phenoxy) is 2. The van der Waals surface area contributed by atoms with Crippen LogP contribution in [-0.2, 0) is 27.2 Å². The quantitative estimate of drug-likeness (QED) is 0.603. The van der Waals surface area contributed by atoms with Crippen LogP contribution in [0.1, 0.15) is 24.0 Å². The molecule has 0 radical (unpaired) electrons. The zero-order valence-corrected chi connectivity index (χ0v) is 16.0. The Morgan fingerprint density at radius 3 is 2.11 bits per heavy atom. The molecule has 1 amide bonds. The van der Waals surface area contributed by atoms with Crippen LogP contribution in [0, 0.1) is 0 Å². The molecule has 0 saturated heterocycles. The van der Waals surface area contributed by atoms with Crippen molar-refractivity contribution >= 4 is 11.9 Å². The minimum Gasteiger partial charge on any atom is -0.497 e. The Bertz CT molecular complexity index is 713. The Hall–Kier alpha value is -2.82. The molecule has 27 heavy (non-hydrogen) atoms. The molecule has 0 bridgehead atoms. The Balaban J connectivity index is 1.93. The molecule has 2 rings (SSSR count). The first-order valence-corrected chi connectivity index (χ1v) is 9.14. The van der Waals surface area contributed by atoms with Crippen molar-refractivity contribution in [1.82, 2.24) is 4.90 Å². The molecule has 0 aliphatic carbocycles. The fraction of sp³-hybridized carbons (Fsp3) is 0.364. The van der Waals surface area contributed by atoms with E-state index in [-0.39, 0.29) is 18.3 Å². The third-order valence-corrected chi connectivity index (χ3v) is 4.47. The molecule has 5 heteroatoms. The predicted octanol–water partition coefficient (Wildman–Crippen LogP) is 3.26. The normalized spacial score (nSPS) is 10.3. The van der Waals surface area contributed by atoms with Crippen molar-refractivity contribution in [2.45, 2.75) is 25.7 Å². The van der Waals surface area contributed by atoms with Gasteiger partial charge in [-0.25, -0.2) is 0 Å². The summed E-state index contributed by atoms with van der Waals surface area (Å²) in [7, 11) is 3.00. The summed E-state index contributed by atoms with van der Waals surface area (Å²) in [6, 6.07) is 17.7. The first-order valence-electron chi connectivity index (χ1n) is 9.14. The van der Waals surface area contributed by atoms with Crippen molar-refractivity contribution in [2.75, 3.05) is 27.3 Å². The van der Waals surface area contributed by atoms with Crippen LogP contribution >= 0.6 is 0 Å². The maximum atomic E-state index is 12.7. The Labute approximate surface area is 160 Å². The lowest BCUT2D eigenvalue weighted by molar-refractivity contribution is -0.141. The van der Waals surface area contributed by atoms with Gasteiger partial charge in [-0.2, -0.15) is 0 Å². The van der Waals surface area contributed by atoms with Crippen LogP contribution < -0.4 is 4.74 Å². The molecule has 2 aromatic carbocycles. The third-order valence-electron chi connectivity index (χ3n) is 4.47. The molecule has 0 atom stereocenters. The number of carbonyl (C=O) groups excluding carboxylic acids is 2. The van der Waals surface area contributed by atoms with Crippen molar-refractivity contribution < 1.29 is 19.1 Å². The van der Waals surface area contributed by atoms with E-state index in [0.29, 0.717) is 25.9 Å². The van der Waals surface area contributed by atoms with Gasteiger partial charge in [-0.05, 0) is 36.1 Å². The van der Waals surface area contributed by atoms with Crippen LogP contribution in [0.25, 0.3) is 0 Å². The van der Waals surface area contributed by atoms with Crippen molar-refractivity contribution in [3.63, 3.8) is 0 Å². The first kappa shape index (κ1) is 20.5. The number of aryl methyl sites for hydroxylation is 1. The zero-order chi connectivity index (χ0) is 19.5. The summed E-state index contributed by atoms with van der Waals surface area (Å²) in [6.07, 6.45) is 2.04. The van der Waals surface area contributed by atoms with Crippen LogP contribution in [0.15, 0.2) is 54.6 Å². The molecule has 2 aromatic rings. The van der Waals surface area contributed by atoms with Gasteiger partial charge in [-0.1, -0.05) is 42.5 Å². The summed E-state index contributed by atoms with van der Waals surface area (Å²) in [5.74, 6) is 0.553. The van der Waals surface area contributed by atoms with Gasteiger partial charge in [0.05, 0.1) is 20.6 Å². The number of amides is 1. The molecule has 0 aliphatic rings. The fourth-order valence-electron chi connectivity index (χ4n) is 2.80. The molecule has 0 spiro atoms. The Kier molecular flexibility index (Phi) is 8.36. The standard InChI is InChI=1S/C22H27NO4/c1-26-20-11-8-19(9-12-20)14-16-23(17-15-22(25)27-2)21(24)13-10-18-6-4-3-5-7-18/h3-9,11-12H,10,13-17H2,1-2H3. The molecule has 0 aliphatic heterocycles. The molecule has 0 N–H and O–H groups in total. The molecule has 0 saturated carbocycles. The van der Waals surface area contributed by atoms with Gasteiger partial charge in [0, 0.05) is 19.5 Å². The van der Waals surface area contributed by atoms with Crippen molar-refractivity contribution in [1.29, 1.82) is 0 Å². The largest absolute Gasteiger partial charge is 0.497 e. The second-order valence-electron chi connectivity index (χ2n) is 6.29. The van der Waals surface area contributed by atoms with E-state index in [1.807, 2.05) is 54.6 Å². The van der Waals surface area contributed by atoms with E-state index in [2.05, 4.69) is 0 Å². The highest BCUT2D eigenvalue weighted by atomic mass is 16.5. The van der Waals surface area contributed by atoms with E-state index in [1.165, 1.54) is 7.11 Å². The third kappa shape index (κ3) is 7.13. The zero-order valence-electron chi connectivity index (χ0n) is 16.0. The van der Waals surface area contributed by atoms with Crippen LogP contribution in [0.4, 0.5) is 0 Å². The van der Waals surface area contributed by atoms with E-state index in [1.54, 1.807) is 12.0 Å². The highest BCUT2D eigenvalue weighted by Crippen LogP contribution is 2.13. The van der Waals surface area contributed by atoms with Gasteiger partial charge in [0.25, 0.3) is 0 Å². The van der Waals surface area contributed by atoms with E-state index >= 15 is 0 Å². The molecule has 0 unspecified atom stereocenters. The predicted molar refractivity (Wildman–Crippen MR) is 105 cm³/mol. The average Bonchev–Trinajstić information content (AvgIpc) is 2.73. The summed E-state index contributed by atoms with van der Waals surface area (Å²) in [6.45, 7) is 0.938. The van der Waals surface area contributed by atoms with Crippen molar-refractivity contribution in [3.8, 4) is 5.75 Å². The number of carbonyl (C=O) groups is 2. The van der Waals surface area contributed by atoms with E-state index in [0.717, 1.165) is 23.3 Å². The topological polar surface area (TPSA) is 55.8 Å². The van der Waals surface area contributed by atoms with Gasteiger partial charge in [-0.3, -0.25) is 9.59 Å². The lowest BCUT2D eigenvalue weighted by atomic mass is 10.1. The summed E-state index contributed by atoms with van der Waals surface area (Å²) in [5.41, 5.74) is 2.25. The Morgan fingerprint density at radius 1 is 0.815 bits per heavy atom. The van der Waals surface area contributed by atoms with E-state index in [9.17, 15) is 9.59 Å². The van der Waals surface area contributed by atoms with Gasteiger partial charge in [-0.15, -0.1) is 0 Å². The minimum absolute atomic E-state index is 0.0521. The maximum Gasteiger partial charge on any atom is 0.307 e. The molecule has 5 nitrogen and oxygen atoms in total. The van der Waals surface area contributed by atoms with Crippen molar-refractivity contribution in [3.05, 3.63) is 65.7 Å². The van der Waals surface area contributed by atoms with Crippen LogP contribution in [0.3, 0.4) is 0 Å². The smallest absolute Gasteiger partial charge is 0.307 e. The number of rotatable bonds is 10. The molecule has 144 valence electrons. The number of esters is 1. The Morgan fingerprint density at radius 2 is 1.48 bits per heavy atom. The van der Waals surface area contributed by atoms with E-state index in [4.69, 9.17) is 9.47 Å². The monoisotopic (exact) mass is 369 g/mol. The SMILES string of the molecule is COC(=O)CCN(CCc1ccc(OC)cc1)C(=O)CCc1ccccc1. The second kappa shape index (κ2) is 11.0. The summed E-state index contributed by atoms with van der Waals surface area (Å²) in [4.78, 5) is 25.9. The lowest BCUT2D eigenvalue weighted by Gasteiger charge is -2.22. The molecule has 0 fully saturated rings. The van der Waals surface area contributed by atoms with Crippen molar-refractivity contribution in [2.24, 2.45) is 0 Å². The molecule has 0 heterocycles. The van der Waals surface area contributed by atoms with Gasteiger partial charge < -0.3 is 14.4 Å². The van der Waals surface area contributed by atoms with Gasteiger partial charge >= 0.3 is 5.97 Å². The highest BCUT2D eigenvalue weighted by Gasteiger charge is 2.15. The number of methoxy groups -OCH3 is 2. The molecule has 0 aromatic heterocycles.